The lowest BCUT2D eigenvalue weighted by Gasteiger charge is -2.31. The number of thiophene rings is 1. The molecule has 0 aromatic carbocycles. The normalized spacial score (nSPS) is 20.3. The van der Waals surface area contributed by atoms with Crippen molar-refractivity contribution in [2.24, 2.45) is 0 Å². The molecule has 0 saturated carbocycles. The Morgan fingerprint density at radius 1 is 1.69 bits per heavy atom. The second kappa shape index (κ2) is 6.23. The van der Waals surface area contributed by atoms with Crippen molar-refractivity contribution >= 4 is 29.7 Å². The molecule has 0 radical (unpaired) electrons. The van der Waals surface area contributed by atoms with Gasteiger partial charge in [-0.3, -0.25) is 4.79 Å². The molecule has 1 saturated heterocycles. The number of nitrogens with one attached hydrogen (secondary N) is 1. The van der Waals surface area contributed by atoms with Gasteiger partial charge in [-0.15, -0.1) is 23.7 Å². The van der Waals surface area contributed by atoms with Gasteiger partial charge in [-0.1, -0.05) is 6.07 Å². The molecule has 1 aliphatic rings. The summed E-state index contributed by atoms with van der Waals surface area (Å²) in [5, 5.41) is 5.35. The molecule has 1 atom stereocenters. The molecule has 1 N–H and O–H groups in total. The van der Waals surface area contributed by atoms with Gasteiger partial charge in [0.05, 0.1) is 6.42 Å². The maximum absolute atomic E-state index is 11.9. The van der Waals surface area contributed by atoms with Crippen LogP contribution in [0.5, 0.6) is 0 Å². The first-order valence-electron chi connectivity index (χ1n) is 5.29. The quantitative estimate of drug-likeness (QED) is 0.875. The summed E-state index contributed by atoms with van der Waals surface area (Å²) in [6.45, 7) is 4.71. The molecule has 2 heterocycles. The Labute approximate surface area is 106 Å². The van der Waals surface area contributed by atoms with Gasteiger partial charge < -0.3 is 10.2 Å². The topological polar surface area (TPSA) is 32.3 Å². The fraction of sp³-hybridized carbons (Fsp3) is 0.545. The molecule has 1 aromatic rings. The van der Waals surface area contributed by atoms with Crippen molar-refractivity contribution < 1.29 is 4.79 Å². The minimum absolute atomic E-state index is 0. The SMILES string of the molecule is C[C@@H]1CN(C(=O)Cc2cccs2)CCN1.Cl. The molecule has 5 heteroatoms. The van der Waals surface area contributed by atoms with E-state index in [0.29, 0.717) is 12.5 Å². The van der Waals surface area contributed by atoms with Crippen LogP contribution in [0.25, 0.3) is 0 Å². The highest BCUT2D eigenvalue weighted by molar-refractivity contribution is 7.10. The fourth-order valence-corrected chi connectivity index (χ4v) is 2.53. The van der Waals surface area contributed by atoms with Gasteiger partial charge >= 0.3 is 0 Å². The molecule has 1 fully saturated rings. The zero-order valence-corrected chi connectivity index (χ0v) is 10.9. The van der Waals surface area contributed by atoms with Crippen LogP contribution >= 0.6 is 23.7 Å². The Balaban J connectivity index is 0.00000128. The Kier molecular flexibility index (Phi) is 5.25. The van der Waals surface area contributed by atoms with Crippen molar-refractivity contribution in [3.8, 4) is 0 Å². The van der Waals surface area contributed by atoms with Crippen molar-refractivity contribution in [1.82, 2.24) is 10.2 Å². The van der Waals surface area contributed by atoms with Crippen LogP contribution in [0.15, 0.2) is 17.5 Å². The van der Waals surface area contributed by atoms with E-state index in [0.717, 1.165) is 24.5 Å². The molecule has 1 aromatic heterocycles. The standard InChI is InChI=1S/C11H16N2OS.ClH/c1-9-8-13(5-4-12-9)11(14)7-10-3-2-6-15-10;/h2-3,6,9,12H,4-5,7-8H2,1H3;1H/t9-;/m1./s1. The number of piperazine rings is 1. The van der Waals surface area contributed by atoms with Crippen LogP contribution in [0.1, 0.15) is 11.8 Å². The molecule has 1 aliphatic heterocycles. The molecule has 0 aliphatic carbocycles. The molecular formula is C11H17ClN2OS. The Bertz CT molecular complexity index is 329. The summed E-state index contributed by atoms with van der Waals surface area (Å²) in [7, 11) is 0. The molecule has 2 rings (SSSR count). The van der Waals surface area contributed by atoms with E-state index in [1.54, 1.807) is 11.3 Å². The molecule has 90 valence electrons. The first-order valence-corrected chi connectivity index (χ1v) is 6.17. The van der Waals surface area contributed by atoms with E-state index in [9.17, 15) is 4.79 Å². The van der Waals surface area contributed by atoms with E-state index in [4.69, 9.17) is 0 Å². The van der Waals surface area contributed by atoms with Crippen LogP contribution in [-0.2, 0) is 11.2 Å². The van der Waals surface area contributed by atoms with Crippen LogP contribution in [-0.4, -0.2) is 36.5 Å². The summed E-state index contributed by atoms with van der Waals surface area (Å²) in [6, 6.07) is 4.44. The number of halogens is 1. The third kappa shape index (κ3) is 3.47. The van der Waals surface area contributed by atoms with Crippen molar-refractivity contribution in [2.75, 3.05) is 19.6 Å². The van der Waals surface area contributed by atoms with Crippen molar-refractivity contribution in [3.05, 3.63) is 22.4 Å². The predicted octanol–water partition coefficient (Wildman–Crippen LogP) is 1.53. The first kappa shape index (κ1) is 13.5. The van der Waals surface area contributed by atoms with Crippen LogP contribution in [0.2, 0.25) is 0 Å². The van der Waals surface area contributed by atoms with Gasteiger partial charge in [-0.05, 0) is 18.4 Å². The molecule has 1 amide bonds. The van der Waals surface area contributed by atoms with Crippen molar-refractivity contribution in [3.63, 3.8) is 0 Å². The van der Waals surface area contributed by atoms with Gasteiger partial charge in [0.1, 0.15) is 0 Å². The second-order valence-corrected chi connectivity index (χ2v) is 4.98. The number of hydrogen-bond donors (Lipinski definition) is 1. The Hall–Kier alpha value is -0.580. The molecular weight excluding hydrogens is 244 g/mol. The van der Waals surface area contributed by atoms with Crippen molar-refractivity contribution in [1.29, 1.82) is 0 Å². The smallest absolute Gasteiger partial charge is 0.227 e. The summed E-state index contributed by atoms with van der Waals surface area (Å²) >= 11 is 1.65. The number of nitrogens with zero attached hydrogens (tertiary/aromatic N) is 1. The van der Waals surface area contributed by atoms with Gasteiger partial charge in [-0.2, -0.15) is 0 Å². The Morgan fingerprint density at radius 3 is 3.12 bits per heavy atom. The van der Waals surface area contributed by atoms with Gasteiger partial charge in [0, 0.05) is 30.6 Å². The van der Waals surface area contributed by atoms with Crippen LogP contribution in [0.4, 0.5) is 0 Å². The summed E-state index contributed by atoms with van der Waals surface area (Å²) in [5.41, 5.74) is 0. The van der Waals surface area contributed by atoms with E-state index in [-0.39, 0.29) is 18.3 Å². The predicted molar refractivity (Wildman–Crippen MR) is 69.3 cm³/mol. The highest BCUT2D eigenvalue weighted by Gasteiger charge is 2.20. The largest absolute Gasteiger partial charge is 0.340 e. The number of rotatable bonds is 2. The maximum atomic E-state index is 11.9. The molecule has 3 nitrogen and oxygen atoms in total. The van der Waals surface area contributed by atoms with Crippen LogP contribution in [0, 0.1) is 0 Å². The highest BCUT2D eigenvalue weighted by atomic mass is 35.5. The zero-order valence-electron chi connectivity index (χ0n) is 9.31. The van der Waals surface area contributed by atoms with E-state index >= 15 is 0 Å². The summed E-state index contributed by atoms with van der Waals surface area (Å²) in [5.74, 6) is 0.255. The average Bonchev–Trinajstić information content (AvgIpc) is 2.70. The van der Waals surface area contributed by atoms with Gasteiger partial charge in [0.25, 0.3) is 0 Å². The highest BCUT2D eigenvalue weighted by Crippen LogP contribution is 2.11. The second-order valence-electron chi connectivity index (χ2n) is 3.95. The third-order valence-corrected chi connectivity index (χ3v) is 3.50. The van der Waals surface area contributed by atoms with Crippen LogP contribution < -0.4 is 5.32 Å². The summed E-state index contributed by atoms with van der Waals surface area (Å²) < 4.78 is 0. The van der Waals surface area contributed by atoms with Gasteiger partial charge in [0.15, 0.2) is 0 Å². The monoisotopic (exact) mass is 260 g/mol. The van der Waals surface area contributed by atoms with Crippen molar-refractivity contribution in [2.45, 2.75) is 19.4 Å². The molecule has 0 unspecified atom stereocenters. The lowest BCUT2D eigenvalue weighted by molar-refractivity contribution is -0.131. The zero-order chi connectivity index (χ0) is 10.7. The van der Waals surface area contributed by atoms with Crippen LogP contribution in [0.3, 0.4) is 0 Å². The minimum atomic E-state index is 0. The number of carbonyl (C=O) groups is 1. The lowest BCUT2D eigenvalue weighted by Crippen LogP contribution is -2.51. The van der Waals surface area contributed by atoms with Gasteiger partial charge in [-0.25, -0.2) is 0 Å². The third-order valence-electron chi connectivity index (χ3n) is 2.63. The lowest BCUT2D eigenvalue weighted by atomic mass is 10.2. The molecule has 0 bridgehead atoms. The maximum Gasteiger partial charge on any atom is 0.227 e. The van der Waals surface area contributed by atoms with E-state index in [1.165, 1.54) is 0 Å². The molecule has 16 heavy (non-hydrogen) atoms. The summed E-state index contributed by atoms with van der Waals surface area (Å²) in [6.07, 6.45) is 0.560. The average molecular weight is 261 g/mol. The number of hydrogen-bond acceptors (Lipinski definition) is 3. The van der Waals surface area contributed by atoms with Gasteiger partial charge in [0.2, 0.25) is 5.91 Å². The number of amides is 1. The number of carbonyl (C=O) groups excluding carboxylic acids is 1. The van der Waals surface area contributed by atoms with E-state index in [1.807, 2.05) is 22.4 Å². The fourth-order valence-electron chi connectivity index (χ4n) is 1.83. The van der Waals surface area contributed by atoms with E-state index < -0.39 is 0 Å². The first-order chi connectivity index (χ1) is 7.25. The molecule has 0 spiro atoms. The minimum Gasteiger partial charge on any atom is -0.340 e. The summed E-state index contributed by atoms with van der Waals surface area (Å²) in [4.78, 5) is 15.0. The van der Waals surface area contributed by atoms with E-state index in [2.05, 4.69) is 12.2 Å². The Morgan fingerprint density at radius 2 is 2.50 bits per heavy atom.